The summed E-state index contributed by atoms with van der Waals surface area (Å²) >= 11 is 0. The quantitative estimate of drug-likeness (QED) is 0.543. The molecule has 2 atom stereocenters. The molecular weight excluding hydrogens is 479 g/mol. The van der Waals surface area contributed by atoms with Crippen LogP contribution in [0.1, 0.15) is 84.0 Å². The number of hydrogen-bond donors (Lipinski definition) is 0. The van der Waals surface area contributed by atoms with Crippen LogP contribution < -0.4 is 9.80 Å². The van der Waals surface area contributed by atoms with Crippen molar-refractivity contribution in [3.63, 3.8) is 0 Å². The van der Waals surface area contributed by atoms with E-state index in [0.29, 0.717) is 56.2 Å². The number of anilines is 2. The maximum absolute atomic E-state index is 15.6. The molecule has 4 heterocycles. The maximum Gasteiger partial charge on any atom is 0.233 e. The average molecular weight is 525 g/mol. The van der Waals surface area contributed by atoms with E-state index >= 15 is 4.39 Å². The third-order valence-corrected chi connectivity index (χ3v) is 10.5. The molecule has 1 aromatic rings. The van der Waals surface area contributed by atoms with E-state index in [1.807, 2.05) is 17.0 Å². The van der Waals surface area contributed by atoms with E-state index in [9.17, 15) is 9.59 Å². The maximum atomic E-state index is 15.6. The summed E-state index contributed by atoms with van der Waals surface area (Å²) in [6, 6.07) is 6.68. The lowest BCUT2D eigenvalue weighted by atomic mass is 9.71. The Morgan fingerprint density at radius 2 is 1.68 bits per heavy atom. The van der Waals surface area contributed by atoms with Gasteiger partial charge in [0.1, 0.15) is 5.82 Å². The van der Waals surface area contributed by atoms with E-state index in [1.54, 1.807) is 11.0 Å². The third kappa shape index (κ3) is 4.84. The molecule has 0 bridgehead atoms. The van der Waals surface area contributed by atoms with Gasteiger partial charge < -0.3 is 14.7 Å². The Hall–Kier alpha value is -2.15. The molecule has 2 amide bonds. The minimum Gasteiger partial charge on any atom is -0.370 e. The molecule has 5 aliphatic rings. The SMILES string of the molecule is C[C@H]1CCCN1[C@H]1CCN(c2ccc(N3CCCC4(CCN(C(=O)C5CCCCC5)CC4)C3=O)c(F)c2)C1. The second-order valence-electron chi connectivity index (χ2n) is 12.8. The van der Waals surface area contributed by atoms with Crippen molar-refractivity contribution < 1.29 is 14.0 Å². The zero-order valence-corrected chi connectivity index (χ0v) is 23.2. The van der Waals surface area contributed by atoms with Crippen LogP contribution in [0.2, 0.25) is 0 Å². The fourth-order valence-electron chi connectivity index (χ4n) is 8.18. The molecular formula is C31H45FN4O2. The zero-order valence-electron chi connectivity index (χ0n) is 23.2. The van der Waals surface area contributed by atoms with Crippen LogP contribution in [0.4, 0.5) is 15.8 Å². The van der Waals surface area contributed by atoms with Crippen molar-refractivity contribution in [2.75, 3.05) is 49.1 Å². The normalized spacial score (nSPS) is 29.0. The van der Waals surface area contributed by atoms with Crippen LogP contribution in [0.5, 0.6) is 0 Å². The molecule has 1 aromatic carbocycles. The van der Waals surface area contributed by atoms with Gasteiger partial charge in [0.2, 0.25) is 11.8 Å². The fourth-order valence-corrected chi connectivity index (χ4v) is 8.18. The van der Waals surface area contributed by atoms with Gasteiger partial charge in [-0.3, -0.25) is 14.5 Å². The molecule has 0 aromatic heterocycles. The number of piperidine rings is 2. The summed E-state index contributed by atoms with van der Waals surface area (Å²) in [4.78, 5) is 35.6. The number of hydrogen-bond acceptors (Lipinski definition) is 4. The summed E-state index contributed by atoms with van der Waals surface area (Å²) < 4.78 is 15.6. The van der Waals surface area contributed by atoms with E-state index in [0.717, 1.165) is 63.7 Å². The molecule has 1 saturated carbocycles. The van der Waals surface area contributed by atoms with Crippen molar-refractivity contribution in [1.82, 2.24) is 9.80 Å². The summed E-state index contributed by atoms with van der Waals surface area (Å²) in [5, 5.41) is 0. The minimum absolute atomic E-state index is 0.0597. The number of amides is 2. The summed E-state index contributed by atoms with van der Waals surface area (Å²) in [7, 11) is 0. The molecule has 6 nitrogen and oxygen atoms in total. The average Bonchev–Trinajstić information content (AvgIpc) is 3.60. The summed E-state index contributed by atoms with van der Waals surface area (Å²) in [5.74, 6) is 0.235. The Labute approximate surface area is 227 Å². The molecule has 6 rings (SSSR count). The number of benzene rings is 1. The minimum atomic E-state index is -0.457. The first-order valence-electron chi connectivity index (χ1n) is 15.4. The predicted octanol–water partition coefficient (Wildman–Crippen LogP) is 5.20. The molecule has 0 unspecified atom stereocenters. The van der Waals surface area contributed by atoms with E-state index < -0.39 is 5.41 Å². The van der Waals surface area contributed by atoms with Crippen molar-refractivity contribution in [2.24, 2.45) is 11.3 Å². The molecule has 0 N–H and O–H groups in total. The van der Waals surface area contributed by atoms with Gasteiger partial charge in [0.25, 0.3) is 0 Å². The molecule has 208 valence electrons. The van der Waals surface area contributed by atoms with E-state index in [-0.39, 0.29) is 17.6 Å². The first-order chi connectivity index (χ1) is 18.4. The van der Waals surface area contributed by atoms with Gasteiger partial charge in [0.05, 0.1) is 11.1 Å². The van der Waals surface area contributed by atoms with Crippen LogP contribution in [0.3, 0.4) is 0 Å². The highest BCUT2D eigenvalue weighted by Gasteiger charge is 2.47. The zero-order chi connectivity index (χ0) is 26.3. The first kappa shape index (κ1) is 26.1. The number of carbonyl (C=O) groups is 2. The molecule has 7 heteroatoms. The Bertz CT molecular complexity index is 1030. The van der Waals surface area contributed by atoms with E-state index in [2.05, 4.69) is 16.7 Å². The molecule has 0 radical (unpaired) electrons. The molecule has 38 heavy (non-hydrogen) atoms. The molecule has 1 aliphatic carbocycles. The lowest BCUT2D eigenvalue weighted by Gasteiger charge is -2.47. The van der Waals surface area contributed by atoms with Crippen LogP contribution in [0, 0.1) is 17.2 Å². The molecule has 4 aliphatic heterocycles. The highest BCUT2D eigenvalue weighted by atomic mass is 19.1. The standard InChI is InChI=1S/C31H45FN4O2/c1-23-7-5-16-35(23)26-12-18-34(22-26)25-10-11-28(27(32)21-25)36-17-6-13-31(30(36)38)14-19-33(20-15-31)29(37)24-8-3-2-4-9-24/h10-11,21,23-24,26H,2-9,12-20,22H2,1H3/t23-,26-/m0/s1. The van der Waals surface area contributed by atoms with Crippen molar-refractivity contribution in [3.8, 4) is 0 Å². The van der Waals surface area contributed by atoms with Gasteiger partial charge in [0.15, 0.2) is 0 Å². The largest absolute Gasteiger partial charge is 0.370 e. The van der Waals surface area contributed by atoms with Crippen molar-refractivity contribution in [2.45, 2.75) is 96.1 Å². The van der Waals surface area contributed by atoms with Crippen LogP contribution in [0.15, 0.2) is 18.2 Å². The Morgan fingerprint density at radius 3 is 2.39 bits per heavy atom. The fraction of sp³-hybridized carbons (Fsp3) is 0.742. The van der Waals surface area contributed by atoms with Crippen LogP contribution in [-0.2, 0) is 9.59 Å². The number of halogens is 1. The molecule has 5 fully saturated rings. The van der Waals surface area contributed by atoms with Gasteiger partial charge >= 0.3 is 0 Å². The van der Waals surface area contributed by atoms with E-state index in [4.69, 9.17) is 0 Å². The van der Waals surface area contributed by atoms with Crippen molar-refractivity contribution in [1.29, 1.82) is 0 Å². The smallest absolute Gasteiger partial charge is 0.233 e. The van der Waals surface area contributed by atoms with Crippen LogP contribution in [-0.4, -0.2) is 73.0 Å². The van der Waals surface area contributed by atoms with Gasteiger partial charge in [-0.25, -0.2) is 4.39 Å². The number of rotatable bonds is 4. The van der Waals surface area contributed by atoms with Crippen LogP contribution in [0.25, 0.3) is 0 Å². The van der Waals surface area contributed by atoms with Gasteiger partial charge in [0, 0.05) is 56.4 Å². The number of carbonyl (C=O) groups excluding carboxylic acids is 2. The second kappa shape index (κ2) is 10.8. The van der Waals surface area contributed by atoms with E-state index in [1.165, 1.54) is 25.8 Å². The number of likely N-dealkylation sites (tertiary alicyclic amines) is 2. The van der Waals surface area contributed by atoms with Crippen molar-refractivity contribution in [3.05, 3.63) is 24.0 Å². The number of nitrogens with zero attached hydrogens (tertiary/aromatic N) is 4. The van der Waals surface area contributed by atoms with Gasteiger partial charge in [-0.2, -0.15) is 0 Å². The Kier molecular flexibility index (Phi) is 7.41. The van der Waals surface area contributed by atoms with Gasteiger partial charge in [-0.1, -0.05) is 19.3 Å². The highest BCUT2D eigenvalue weighted by Crippen LogP contribution is 2.43. The second-order valence-corrected chi connectivity index (χ2v) is 12.8. The third-order valence-electron chi connectivity index (χ3n) is 10.5. The van der Waals surface area contributed by atoms with Crippen LogP contribution >= 0.6 is 0 Å². The topological polar surface area (TPSA) is 47.1 Å². The first-order valence-corrected chi connectivity index (χ1v) is 15.4. The summed E-state index contributed by atoms with van der Waals surface area (Å²) in [6.07, 6.45) is 12.4. The summed E-state index contributed by atoms with van der Waals surface area (Å²) in [5.41, 5.74) is 0.887. The lowest BCUT2D eigenvalue weighted by Crippen LogP contribution is -2.55. The predicted molar refractivity (Wildman–Crippen MR) is 149 cm³/mol. The summed E-state index contributed by atoms with van der Waals surface area (Å²) in [6.45, 7) is 7.28. The molecule has 1 spiro atoms. The van der Waals surface area contributed by atoms with Gasteiger partial charge in [-0.05, 0) is 89.5 Å². The van der Waals surface area contributed by atoms with Crippen molar-refractivity contribution >= 4 is 23.2 Å². The Balaban J connectivity index is 1.10. The molecule has 4 saturated heterocycles. The van der Waals surface area contributed by atoms with Gasteiger partial charge in [-0.15, -0.1) is 0 Å². The monoisotopic (exact) mass is 524 g/mol. The highest BCUT2D eigenvalue weighted by molar-refractivity contribution is 5.99. The lowest BCUT2D eigenvalue weighted by molar-refractivity contribution is -0.144. The Morgan fingerprint density at radius 1 is 0.895 bits per heavy atom.